The normalized spacial score (nSPS) is 10.4. The van der Waals surface area contributed by atoms with Crippen LogP contribution in [0, 0.1) is 20.8 Å². The number of hydrogen-bond donors (Lipinski definition) is 2. The highest BCUT2D eigenvalue weighted by atomic mass is 16.1. The van der Waals surface area contributed by atoms with Gasteiger partial charge in [0.1, 0.15) is 5.69 Å². The second kappa shape index (κ2) is 5.84. The van der Waals surface area contributed by atoms with Crippen molar-refractivity contribution in [2.24, 2.45) is 5.73 Å². The van der Waals surface area contributed by atoms with Gasteiger partial charge in [-0.25, -0.2) is 0 Å². The number of pyridine rings is 1. The molecular weight excluding hydrogens is 250 g/mol. The average Bonchev–Trinajstić information content (AvgIpc) is 2.42. The summed E-state index contributed by atoms with van der Waals surface area (Å²) in [7, 11) is 0. The van der Waals surface area contributed by atoms with Crippen molar-refractivity contribution < 1.29 is 4.79 Å². The number of amides is 1. The van der Waals surface area contributed by atoms with Crippen LogP contribution in [-0.2, 0) is 6.54 Å². The largest absolute Gasteiger partial charge is 0.326 e. The van der Waals surface area contributed by atoms with Crippen LogP contribution in [0.4, 0.5) is 5.69 Å². The lowest BCUT2D eigenvalue weighted by Crippen LogP contribution is -2.15. The molecule has 4 heteroatoms. The summed E-state index contributed by atoms with van der Waals surface area (Å²) < 4.78 is 0. The lowest BCUT2D eigenvalue weighted by molar-refractivity contribution is 0.102. The molecule has 0 saturated carbocycles. The monoisotopic (exact) mass is 269 g/mol. The molecule has 0 aliphatic heterocycles. The molecule has 1 aromatic carbocycles. The van der Waals surface area contributed by atoms with Gasteiger partial charge in [0.2, 0.25) is 0 Å². The van der Waals surface area contributed by atoms with Gasteiger partial charge >= 0.3 is 0 Å². The van der Waals surface area contributed by atoms with Gasteiger partial charge in [-0.15, -0.1) is 0 Å². The maximum atomic E-state index is 12.2. The Kier molecular flexibility index (Phi) is 4.15. The molecule has 0 bridgehead atoms. The number of nitrogens with one attached hydrogen (secondary N) is 1. The minimum absolute atomic E-state index is 0.205. The molecule has 4 nitrogen and oxygen atoms in total. The number of benzene rings is 1. The molecule has 1 aromatic heterocycles. The molecule has 2 aromatic rings. The third kappa shape index (κ3) is 3.03. The summed E-state index contributed by atoms with van der Waals surface area (Å²) in [5.74, 6) is -0.205. The minimum atomic E-state index is -0.205. The predicted octanol–water partition coefficient (Wildman–Crippen LogP) is 2.72. The van der Waals surface area contributed by atoms with Crippen molar-refractivity contribution in [3.05, 3.63) is 58.4 Å². The molecule has 0 atom stereocenters. The van der Waals surface area contributed by atoms with Crippen molar-refractivity contribution in [1.82, 2.24) is 4.98 Å². The van der Waals surface area contributed by atoms with E-state index in [1.165, 1.54) is 5.56 Å². The van der Waals surface area contributed by atoms with Gasteiger partial charge in [0, 0.05) is 18.4 Å². The molecule has 2 rings (SSSR count). The number of anilines is 1. The first-order chi connectivity index (χ1) is 9.51. The number of aryl methyl sites for hydroxylation is 3. The molecule has 0 spiro atoms. The number of nitrogens with zero attached hydrogens (tertiary/aromatic N) is 1. The Bertz CT molecular complexity index is 610. The number of hydrogen-bond acceptors (Lipinski definition) is 3. The van der Waals surface area contributed by atoms with Crippen LogP contribution in [0.25, 0.3) is 0 Å². The standard InChI is InChI=1S/C16H19N3O/c1-10-6-11(2)15(12(3)7-10)19-16(20)14-5-4-13(8-17)9-18-14/h4-7,9H,8,17H2,1-3H3,(H,19,20). The molecular formula is C16H19N3O. The van der Waals surface area contributed by atoms with Crippen molar-refractivity contribution in [2.45, 2.75) is 27.3 Å². The smallest absolute Gasteiger partial charge is 0.274 e. The van der Waals surface area contributed by atoms with Crippen LogP contribution in [0.3, 0.4) is 0 Å². The van der Waals surface area contributed by atoms with E-state index in [0.717, 1.165) is 22.4 Å². The van der Waals surface area contributed by atoms with Crippen LogP contribution < -0.4 is 11.1 Å². The molecule has 1 amide bonds. The van der Waals surface area contributed by atoms with E-state index < -0.39 is 0 Å². The number of rotatable bonds is 3. The van der Waals surface area contributed by atoms with E-state index >= 15 is 0 Å². The highest BCUT2D eigenvalue weighted by Gasteiger charge is 2.11. The fraction of sp³-hybridized carbons (Fsp3) is 0.250. The second-order valence-electron chi connectivity index (χ2n) is 4.98. The first-order valence-corrected chi connectivity index (χ1v) is 6.55. The summed E-state index contributed by atoms with van der Waals surface area (Å²) >= 11 is 0. The van der Waals surface area contributed by atoms with Gasteiger partial charge in [0.25, 0.3) is 5.91 Å². The van der Waals surface area contributed by atoms with Crippen LogP contribution in [0.15, 0.2) is 30.5 Å². The van der Waals surface area contributed by atoms with Crippen LogP contribution in [0.2, 0.25) is 0 Å². The summed E-state index contributed by atoms with van der Waals surface area (Å²) in [6, 6.07) is 7.61. The SMILES string of the molecule is Cc1cc(C)c(NC(=O)c2ccc(CN)cn2)c(C)c1. The highest BCUT2D eigenvalue weighted by molar-refractivity contribution is 6.03. The second-order valence-corrected chi connectivity index (χ2v) is 4.98. The van der Waals surface area contributed by atoms with Gasteiger partial charge in [-0.1, -0.05) is 23.8 Å². The molecule has 0 fully saturated rings. The van der Waals surface area contributed by atoms with Crippen LogP contribution >= 0.6 is 0 Å². The van der Waals surface area contributed by atoms with E-state index in [1.807, 2.05) is 39.0 Å². The Morgan fingerprint density at radius 1 is 1.20 bits per heavy atom. The van der Waals surface area contributed by atoms with Crippen molar-refractivity contribution >= 4 is 11.6 Å². The Hall–Kier alpha value is -2.20. The Balaban J connectivity index is 2.23. The first-order valence-electron chi connectivity index (χ1n) is 6.55. The van der Waals surface area contributed by atoms with Crippen LogP contribution in [0.5, 0.6) is 0 Å². The molecule has 0 aliphatic rings. The molecule has 20 heavy (non-hydrogen) atoms. The van der Waals surface area contributed by atoms with Gasteiger partial charge < -0.3 is 11.1 Å². The summed E-state index contributed by atoms with van der Waals surface area (Å²) in [4.78, 5) is 16.3. The molecule has 0 aliphatic carbocycles. The van der Waals surface area contributed by atoms with Crippen molar-refractivity contribution in [3.63, 3.8) is 0 Å². The maximum Gasteiger partial charge on any atom is 0.274 e. The maximum absolute atomic E-state index is 12.2. The lowest BCUT2D eigenvalue weighted by atomic mass is 10.0. The number of aromatic nitrogens is 1. The van der Waals surface area contributed by atoms with E-state index in [1.54, 1.807) is 12.3 Å². The first kappa shape index (κ1) is 14.2. The van der Waals surface area contributed by atoms with E-state index in [9.17, 15) is 4.79 Å². The van der Waals surface area contributed by atoms with Crippen LogP contribution in [0.1, 0.15) is 32.7 Å². The summed E-state index contributed by atoms with van der Waals surface area (Å²) in [6.45, 7) is 6.44. The van der Waals surface area contributed by atoms with Gasteiger partial charge in [-0.2, -0.15) is 0 Å². The third-order valence-corrected chi connectivity index (χ3v) is 3.21. The molecule has 3 N–H and O–H groups in total. The van der Waals surface area contributed by atoms with Crippen LogP contribution in [-0.4, -0.2) is 10.9 Å². The van der Waals surface area contributed by atoms with Crippen molar-refractivity contribution in [3.8, 4) is 0 Å². The van der Waals surface area contributed by atoms with Crippen molar-refractivity contribution in [1.29, 1.82) is 0 Å². The Morgan fingerprint density at radius 2 is 1.85 bits per heavy atom. The van der Waals surface area contributed by atoms with Gasteiger partial charge in [0.15, 0.2) is 0 Å². The fourth-order valence-corrected chi connectivity index (χ4v) is 2.23. The van der Waals surface area contributed by atoms with E-state index in [-0.39, 0.29) is 5.91 Å². The molecule has 0 radical (unpaired) electrons. The summed E-state index contributed by atoms with van der Waals surface area (Å²) in [6.07, 6.45) is 1.63. The zero-order valence-corrected chi connectivity index (χ0v) is 12.0. The predicted molar refractivity (Wildman–Crippen MR) is 80.7 cm³/mol. The van der Waals surface area contributed by atoms with Gasteiger partial charge in [-0.05, 0) is 43.5 Å². The van der Waals surface area contributed by atoms with E-state index in [0.29, 0.717) is 12.2 Å². The van der Waals surface area contributed by atoms with Gasteiger partial charge in [0.05, 0.1) is 0 Å². The molecule has 0 unspecified atom stereocenters. The highest BCUT2D eigenvalue weighted by Crippen LogP contribution is 2.22. The lowest BCUT2D eigenvalue weighted by Gasteiger charge is -2.12. The van der Waals surface area contributed by atoms with E-state index in [2.05, 4.69) is 10.3 Å². The number of carbonyl (C=O) groups excluding carboxylic acids is 1. The van der Waals surface area contributed by atoms with E-state index in [4.69, 9.17) is 5.73 Å². The quantitative estimate of drug-likeness (QED) is 0.900. The zero-order valence-electron chi connectivity index (χ0n) is 12.0. The topological polar surface area (TPSA) is 68.0 Å². The van der Waals surface area contributed by atoms with Crippen molar-refractivity contribution in [2.75, 3.05) is 5.32 Å². The fourth-order valence-electron chi connectivity index (χ4n) is 2.23. The number of nitrogens with two attached hydrogens (primary N) is 1. The zero-order chi connectivity index (χ0) is 14.7. The third-order valence-electron chi connectivity index (χ3n) is 3.21. The summed E-state index contributed by atoms with van der Waals surface area (Å²) in [5, 5.41) is 2.93. The number of carbonyl (C=O) groups is 1. The molecule has 1 heterocycles. The summed E-state index contributed by atoms with van der Waals surface area (Å²) in [5.41, 5.74) is 10.9. The molecule has 0 saturated heterocycles. The molecule has 104 valence electrons. The average molecular weight is 269 g/mol. The Labute approximate surface area is 119 Å². The minimum Gasteiger partial charge on any atom is -0.326 e. The Morgan fingerprint density at radius 3 is 2.35 bits per heavy atom. The van der Waals surface area contributed by atoms with Gasteiger partial charge in [-0.3, -0.25) is 9.78 Å².